The molecule has 17 heavy (non-hydrogen) atoms. The van der Waals surface area contributed by atoms with Crippen LogP contribution in [0.25, 0.3) is 11.2 Å². The lowest BCUT2D eigenvalue weighted by Crippen LogP contribution is -2.20. The molecule has 0 radical (unpaired) electrons. The first kappa shape index (κ1) is 10.5. The summed E-state index contributed by atoms with van der Waals surface area (Å²) in [5.41, 5.74) is 7.49. The number of rotatable bonds is 3. The van der Waals surface area contributed by atoms with Crippen molar-refractivity contribution in [3.63, 3.8) is 0 Å². The highest BCUT2D eigenvalue weighted by molar-refractivity contribution is 5.78. The Morgan fingerprint density at radius 3 is 2.94 bits per heavy atom. The Balaban J connectivity index is 2.23. The van der Waals surface area contributed by atoms with Gasteiger partial charge in [0.05, 0.1) is 13.7 Å². The van der Waals surface area contributed by atoms with Gasteiger partial charge in [-0.1, -0.05) is 0 Å². The van der Waals surface area contributed by atoms with Crippen LogP contribution in [0.2, 0.25) is 0 Å². The summed E-state index contributed by atoms with van der Waals surface area (Å²) >= 11 is 0. The lowest BCUT2D eigenvalue weighted by molar-refractivity contribution is 0.312. The molecule has 0 spiro atoms. The number of fused-ring (bicyclic) bond motifs is 1. The van der Waals surface area contributed by atoms with Crippen LogP contribution in [-0.4, -0.2) is 21.6 Å². The standard InChI is InChI=1S/C12H16N4O/c1-17-9-5-6-14-12-11(9)15-10(7-13)16(12)8-3-2-4-8/h5-6,8H,2-4,7,13H2,1H3. The van der Waals surface area contributed by atoms with Crippen molar-refractivity contribution in [3.8, 4) is 5.75 Å². The van der Waals surface area contributed by atoms with Gasteiger partial charge in [0, 0.05) is 18.3 Å². The molecule has 90 valence electrons. The zero-order chi connectivity index (χ0) is 11.8. The second kappa shape index (κ2) is 4.00. The van der Waals surface area contributed by atoms with Crippen LogP contribution in [0, 0.1) is 0 Å². The molecule has 0 atom stereocenters. The van der Waals surface area contributed by atoms with Crippen LogP contribution in [0.5, 0.6) is 5.75 Å². The van der Waals surface area contributed by atoms with Crippen LogP contribution in [0.1, 0.15) is 31.1 Å². The highest BCUT2D eigenvalue weighted by Crippen LogP contribution is 2.36. The number of nitrogens with two attached hydrogens (primary N) is 1. The Hall–Kier alpha value is -1.62. The minimum absolute atomic E-state index is 0.440. The van der Waals surface area contributed by atoms with E-state index in [2.05, 4.69) is 14.5 Å². The summed E-state index contributed by atoms with van der Waals surface area (Å²) in [7, 11) is 1.65. The van der Waals surface area contributed by atoms with Crippen molar-refractivity contribution in [3.05, 3.63) is 18.1 Å². The molecular weight excluding hydrogens is 216 g/mol. The van der Waals surface area contributed by atoms with E-state index in [1.165, 1.54) is 19.3 Å². The predicted octanol–water partition coefficient (Wildman–Crippen LogP) is 1.62. The van der Waals surface area contributed by atoms with Crippen molar-refractivity contribution in [1.29, 1.82) is 0 Å². The van der Waals surface area contributed by atoms with E-state index < -0.39 is 0 Å². The highest BCUT2D eigenvalue weighted by atomic mass is 16.5. The van der Waals surface area contributed by atoms with Gasteiger partial charge in [0.15, 0.2) is 5.65 Å². The molecule has 5 heteroatoms. The largest absolute Gasteiger partial charge is 0.494 e. The molecule has 2 heterocycles. The van der Waals surface area contributed by atoms with E-state index in [4.69, 9.17) is 10.5 Å². The Kier molecular flexibility index (Phi) is 2.48. The van der Waals surface area contributed by atoms with Crippen molar-refractivity contribution in [2.45, 2.75) is 31.8 Å². The maximum Gasteiger partial charge on any atom is 0.164 e. The van der Waals surface area contributed by atoms with Crippen LogP contribution in [-0.2, 0) is 6.54 Å². The molecule has 3 rings (SSSR count). The van der Waals surface area contributed by atoms with Gasteiger partial charge in [0.25, 0.3) is 0 Å². The molecule has 0 bridgehead atoms. The van der Waals surface area contributed by atoms with Gasteiger partial charge in [0.1, 0.15) is 17.1 Å². The van der Waals surface area contributed by atoms with Gasteiger partial charge in [-0.05, 0) is 19.3 Å². The number of pyridine rings is 1. The Labute approximate surface area is 99.6 Å². The van der Waals surface area contributed by atoms with Crippen molar-refractivity contribution in [1.82, 2.24) is 14.5 Å². The van der Waals surface area contributed by atoms with E-state index in [9.17, 15) is 0 Å². The summed E-state index contributed by atoms with van der Waals surface area (Å²) in [6.07, 6.45) is 5.42. The van der Waals surface area contributed by atoms with Gasteiger partial charge in [-0.3, -0.25) is 0 Å². The molecule has 2 N–H and O–H groups in total. The molecule has 2 aromatic rings. The number of aromatic nitrogens is 3. The van der Waals surface area contributed by atoms with Crippen molar-refractivity contribution < 1.29 is 4.74 Å². The zero-order valence-corrected chi connectivity index (χ0v) is 9.89. The molecule has 5 nitrogen and oxygen atoms in total. The molecule has 2 aromatic heterocycles. The molecule has 0 saturated heterocycles. The van der Waals surface area contributed by atoms with Crippen LogP contribution in [0.15, 0.2) is 12.3 Å². The van der Waals surface area contributed by atoms with Gasteiger partial charge in [-0.2, -0.15) is 0 Å². The average Bonchev–Trinajstić information content (AvgIpc) is 2.66. The minimum Gasteiger partial charge on any atom is -0.494 e. The zero-order valence-electron chi connectivity index (χ0n) is 9.89. The monoisotopic (exact) mass is 232 g/mol. The SMILES string of the molecule is COc1ccnc2c1nc(CN)n2C1CCC1. The Morgan fingerprint density at radius 2 is 2.35 bits per heavy atom. The summed E-state index contributed by atoms with van der Waals surface area (Å²) in [6, 6.07) is 2.35. The number of methoxy groups -OCH3 is 1. The predicted molar refractivity (Wildman–Crippen MR) is 64.9 cm³/mol. The number of ether oxygens (including phenoxy) is 1. The first-order chi connectivity index (χ1) is 8.35. The second-order valence-electron chi connectivity index (χ2n) is 4.37. The van der Waals surface area contributed by atoms with Gasteiger partial charge < -0.3 is 15.0 Å². The Morgan fingerprint density at radius 1 is 1.53 bits per heavy atom. The minimum atomic E-state index is 0.440. The Bertz CT molecular complexity index is 545. The molecule has 0 unspecified atom stereocenters. The highest BCUT2D eigenvalue weighted by Gasteiger charge is 2.25. The van der Waals surface area contributed by atoms with Gasteiger partial charge >= 0.3 is 0 Å². The maximum absolute atomic E-state index is 5.77. The van der Waals surface area contributed by atoms with Crippen molar-refractivity contribution >= 4 is 11.2 Å². The number of hydrogen-bond acceptors (Lipinski definition) is 4. The average molecular weight is 232 g/mol. The van der Waals surface area contributed by atoms with E-state index in [0.717, 1.165) is 22.7 Å². The van der Waals surface area contributed by atoms with Crippen LogP contribution in [0.4, 0.5) is 0 Å². The topological polar surface area (TPSA) is 66.0 Å². The first-order valence-corrected chi connectivity index (χ1v) is 5.95. The fourth-order valence-corrected chi connectivity index (χ4v) is 2.35. The molecule has 0 aromatic carbocycles. The number of nitrogens with zero attached hydrogens (tertiary/aromatic N) is 3. The molecular formula is C12H16N4O. The van der Waals surface area contributed by atoms with E-state index in [1.54, 1.807) is 13.3 Å². The van der Waals surface area contributed by atoms with Gasteiger partial charge in [0.2, 0.25) is 0 Å². The summed E-state index contributed by atoms with van der Waals surface area (Å²) in [5.74, 6) is 1.67. The summed E-state index contributed by atoms with van der Waals surface area (Å²) in [6.45, 7) is 0.440. The molecule has 1 aliphatic carbocycles. The normalized spacial score (nSPS) is 16.1. The van der Waals surface area contributed by atoms with Gasteiger partial charge in [-0.25, -0.2) is 9.97 Å². The fraction of sp³-hybridized carbons (Fsp3) is 0.500. The quantitative estimate of drug-likeness (QED) is 0.873. The van der Waals surface area contributed by atoms with Crippen molar-refractivity contribution in [2.24, 2.45) is 5.73 Å². The molecule has 1 fully saturated rings. The lowest BCUT2D eigenvalue weighted by Gasteiger charge is -2.28. The fourth-order valence-electron chi connectivity index (χ4n) is 2.35. The molecule has 1 aliphatic rings. The van der Waals surface area contributed by atoms with Crippen LogP contribution in [0.3, 0.4) is 0 Å². The second-order valence-corrected chi connectivity index (χ2v) is 4.37. The number of hydrogen-bond donors (Lipinski definition) is 1. The van der Waals surface area contributed by atoms with E-state index in [1.807, 2.05) is 6.07 Å². The molecule has 0 amide bonds. The van der Waals surface area contributed by atoms with E-state index in [0.29, 0.717) is 12.6 Å². The lowest BCUT2D eigenvalue weighted by atomic mass is 9.93. The summed E-state index contributed by atoms with van der Waals surface area (Å²) in [4.78, 5) is 8.98. The molecule has 0 aliphatic heterocycles. The summed E-state index contributed by atoms with van der Waals surface area (Å²) < 4.78 is 7.50. The van der Waals surface area contributed by atoms with Gasteiger partial charge in [-0.15, -0.1) is 0 Å². The third-order valence-corrected chi connectivity index (χ3v) is 3.46. The summed E-state index contributed by atoms with van der Waals surface area (Å²) in [5, 5.41) is 0. The third-order valence-electron chi connectivity index (χ3n) is 3.46. The van der Waals surface area contributed by atoms with Crippen LogP contribution < -0.4 is 10.5 Å². The van der Waals surface area contributed by atoms with E-state index >= 15 is 0 Å². The maximum atomic E-state index is 5.77. The van der Waals surface area contributed by atoms with E-state index in [-0.39, 0.29) is 0 Å². The third kappa shape index (κ3) is 1.50. The van der Waals surface area contributed by atoms with Crippen molar-refractivity contribution in [2.75, 3.05) is 7.11 Å². The number of imidazole rings is 1. The first-order valence-electron chi connectivity index (χ1n) is 5.95. The molecule has 1 saturated carbocycles. The smallest absolute Gasteiger partial charge is 0.164 e. The van der Waals surface area contributed by atoms with Crippen LogP contribution >= 0.6 is 0 Å².